The fourth-order valence-electron chi connectivity index (χ4n) is 1.34. The molecule has 16 heavy (non-hydrogen) atoms. The van der Waals surface area contributed by atoms with Crippen LogP contribution in [0.3, 0.4) is 0 Å². The first-order chi connectivity index (χ1) is 7.75. The highest BCUT2D eigenvalue weighted by atomic mass is 15.2. The molecule has 0 amide bonds. The summed E-state index contributed by atoms with van der Waals surface area (Å²) < 4.78 is 0. The quantitative estimate of drug-likeness (QED) is 0.814. The summed E-state index contributed by atoms with van der Waals surface area (Å²) in [5.41, 5.74) is 1.04. The van der Waals surface area contributed by atoms with E-state index < -0.39 is 0 Å². The number of aromatic nitrogens is 3. The molecule has 2 N–H and O–H groups in total. The predicted molar refractivity (Wildman–Crippen MR) is 64.5 cm³/mol. The van der Waals surface area contributed by atoms with Crippen molar-refractivity contribution in [1.29, 1.82) is 0 Å². The van der Waals surface area contributed by atoms with E-state index in [1.807, 2.05) is 43.3 Å². The third-order valence-corrected chi connectivity index (χ3v) is 2.21. The van der Waals surface area contributed by atoms with Gasteiger partial charge in [0.2, 0.25) is 0 Å². The van der Waals surface area contributed by atoms with Gasteiger partial charge in [0.15, 0.2) is 0 Å². The van der Waals surface area contributed by atoms with Crippen LogP contribution in [0.25, 0.3) is 0 Å². The van der Waals surface area contributed by atoms with Crippen LogP contribution in [0.5, 0.6) is 0 Å². The fraction of sp³-hybridized carbons (Fsp3) is 0.273. The van der Waals surface area contributed by atoms with E-state index in [9.17, 15) is 0 Å². The molecule has 0 aliphatic rings. The van der Waals surface area contributed by atoms with Gasteiger partial charge in [0.05, 0.1) is 12.2 Å². The van der Waals surface area contributed by atoms with E-state index in [-0.39, 0.29) is 0 Å². The van der Waals surface area contributed by atoms with E-state index in [0.29, 0.717) is 6.54 Å². The van der Waals surface area contributed by atoms with Crippen molar-refractivity contribution < 1.29 is 0 Å². The van der Waals surface area contributed by atoms with Crippen LogP contribution >= 0.6 is 0 Å². The molecule has 0 fully saturated rings. The number of nitrogens with zero attached hydrogens (tertiary/aromatic N) is 3. The molecule has 0 saturated heterocycles. The summed E-state index contributed by atoms with van der Waals surface area (Å²) in [4.78, 5) is 6.43. The smallest absolute Gasteiger partial charge is 0.130 e. The molecule has 0 atom stereocenters. The van der Waals surface area contributed by atoms with Gasteiger partial charge in [0.1, 0.15) is 11.6 Å². The average molecular weight is 217 g/mol. The summed E-state index contributed by atoms with van der Waals surface area (Å²) in [6, 6.07) is 7.84. The van der Waals surface area contributed by atoms with Crippen molar-refractivity contribution in [2.24, 2.45) is 0 Å². The maximum Gasteiger partial charge on any atom is 0.130 e. The number of rotatable bonds is 4. The topological polar surface area (TPSA) is 56.8 Å². The van der Waals surface area contributed by atoms with E-state index in [1.165, 1.54) is 0 Å². The Morgan fingerprint density at radius 2 is 2.19 bits per heavy atom. The van der Waals surface area contributed by atoms with E-state index >= 15 is 0 Å². The summed E-state index contributed by atoms with van der Waals surface area (Å²) in [5.74, 6) is 1.80. The minimum absolute atomic E-state index is 0.698. The molecule has 2 heterocycles. The van der Waals surface area contributed by atoms with Crippen molar-refractivity contribution in [3.05, 3.63) is 36.2 Å². The van der Waals surface area contributed by atoms with Crippen molar-refractivity contribution in [3.63, 3.8) is 0 Å². The van der Waals surface area contributed by atoms with Crippen LogP contribution in [0.1, 0.15) is 5.69 Å². The standard InChI is InChI=1S/C11H15N5/c1-16(2)11-5-3-4-10(14-11)12-8-9-6-7-13-15-9/h3-7H,8H2,1-2H3,(H,12,14)(H,13,15). The maximum absolute atomic E-state index is 4.45. The average Bonchev–Trinajstić information content (AvgIpc) is 2.79. The Morgan fingerprint density at radius 3 is 2.88 bits per heavy atom. The molecule has 2 aromatic rings. The Hall–Kier alpha value is -2.04. The Kier molecular flexibility index (Phi) is 3.05. The Balaban J connectivity index is 2.01. The van der Waals surface area contributed by atoms with Gasteiger partial charge in [-0.2, -0.15) is 5.10 Å². The van der Waals surface area contributed by atoms with Crippen LogP contribution in [0.2, 0.25) is 0 Å². The third-order valence-electron chi connectivity index (χ3n) is 2.21. The van der Waals surface area contributed by atoms with Crippen molar-refractivity contribution in [3.8, 4) is 0 Å². The van der Waals surface area contributed by atoms with Crippen molar-refractivity contribution in [2.75, 3.05) is 24.3 Å². The highest BCUT2D eigenvalue weighted by molar-refractivity contribution is 5.46. The summed E-state index contributed by atoms with van der Waals surface area (Å²) in [7, 11) is 3.95. The Bertz CT molecular complexity index is 435. The monoisotopic (exact) mass is 217 g/mol. The van der Waals surface area contributed by atoms with Gasteiger partial charge in [0, 0.05) is 20.3 Å². The van der Waals surface area contributed by atoms with E-state index in [2.05, 4.69) is 20.5 Å². The lowest BCUT2D eigenvalue weighted by Crippen LogP contribution is -2.11. The summed E-state index contributed by atoms with van der Waals surface area (Å²) in [6.07, 6.45) is 1.74. The molecule has 2 aromatic heterocycles. The van der Waals surface area contributed by atoms with Gasteiger partial charge >= 0.3 is 0 Å². The van der Waals surface area contributed by atoms with E-state index in [0.717, 1.165) is 17.3 Å². The van der Waals surface area contributed by atoms with Gasteiger partial charge in [-0.1, -0.05) is 6.07 Å². The minimum atomic E-state index is 0.698. The zero-order valence-electron chi connectivity index (χ0n) is 9.44. The fourth-order valence-corrected chi connectivity index (χ4v) is 1.34. The number of hydrogen-bond donors (Lipinski definition) is 2. The van der Waals surface area contributed by atoms with Gasteiger partial charge < -0.3 is 10.2 Å². The molecule has 84 valence electrons. The van der Waals surface area contributed by atoms with Crippen molar-refractivity contribution >= 4 is 11.6 Å². The van der Waals surface area contributed by atoms with Crippen molar-refractivity contribution in [2.45, 2.75) is 6.54 Å². The number of hydrogen-bond acceptors (Lipinski definition) is 4. The van der Waals surface area contributed by atoms with E-state index in [4.69, 9.17) is 0 Å². The highest BCUT2D eigenvalue weighted by Gasteiger charge is 1.99. The lowest BCUT2D eigenvalue weighted by molar-refractivity contribution is 0.970. The molecule has 0 spiro atoms. The second-order valence-corrected chi connectivity index (χ2v) is 3.71. The highest BCUT2D eigenvalue weighted by Crippen LogP contribution is 2.11. The largest absolute Gasteiger partial charge is 0.364 e. The van der Waals surface area contributed by atoms with Gasteiger partial charge in [-0.3, -0.25) is 5.10 Å². The molecule has 0 aliphatic carbocycles. The first-order valence-corrected chi connectivity index (χ1v) is 5.12. The van der Waals surface area contributed by atoms with Gasteiger partial charge in [-0.25, -0.2) is 4.98 Å². The maximum atomic E-state index is 4.45. The second kappa shape index (κ2) is 4.65. The lowest BCUT2D eigenvalue weighted by atomic mass is 10.4. The van der Waals surface area contributed by atoms with Gasteiger partial charge in [-0.15, -0.1) is 0 Å². The molecule has 5 nitrogen and oxygen atoms in total. The molecule has 0 bridgehead atoms. The van der Waals surface area contributed by atoms with Gasteiger partial charge in [0.25, 0.3) is 0 Å². The zero-order chi connectivity index (χ0) is 11.4. The summed E-state index contributed by atoms with van der Waals surface area (Å²) in [5, 5.41) is 10.0. The van der Waals surface area contributed by atoms with Gasteiger partial charge in [-0.05, 0) is 18.2 Å². The SMILES string of the molecule is CN(C)c1cccc(NCc2ccn[nH]2)n1. The number of H-pyrrole nitrogens is 1. The summed E-state index contributed by atoms with van der Waals surface area (Å²) >= 11 is 0. The number of aromatic amines is 1. The molecular formula is C11H15N5. The Morgan fingerprint density at radius 1 is 1.31 bits per heavy atom. The van der Waals surface area contributed by atoms with Crippen LogP contribution in [0.15, 0.2) is 30.5 Å². The first-order valence-electron chi connectivity index (χ1n) is 5.12. The molecule has 2 rings (SSSR count). The molecule has 0 aliphatic heterocycles. The zero-order valence-corrected chi connectivity index (χ0v) is 9.44. The lowest BCUT2D eigenvalue weighted by Gasteiger charge is -2.12. The van der Waals surface area contributed by atoms with Crippen LogP contribution < -0.4 is 10.2 Å². The molecule has 0 radical (unpaired) electrons. The summed E-state index contributed by atoms with van der Waals surface area (Å²) in [6.45, 7) is 0.698. The van der Waals surface area contributed by atoms with Crippen LogP contribution in [0.4, 0.5) is 11.6 Å². The van der Waals surface area contributed by atoms with Crippen LogP contribution in [0, 0.1) is 0 Å². The minimum Gasteiger partial charge on any atom is -0.364 e. The molecule has 0 aromatic carbocycles. The van der Waals surface area contributed by atoms with E-state index in [1.54, 1.807) is 6.20 Å². The predicted octanol–water partition coefficient (Wildman–Crippen LogP) is 1.48. The number of anilines is 2. The Labute approximate surface area is 94.5 Å². The van der Waals surface area contributed by atoms with Crippen LogP contribution in [-0.2, 0) is 6.54 Å². The molecule has 0 unspecified atom stereocenters. The second-order valence-electron chi connectivity index (χ2n) is 3.71. The number of pyridine rings is 1. The van der Waals surface area contributed by atoms with Crippen LogP contribution in [-0.4, -0.2) is 29.3 Å². The third kappa shape index (κ3) is 2.50. The number of nitrogens with one attached hydrogen (secondary N) is 2. The first kappa shape index (κ1) is 10.5. The molecular weight excluding hydrogens is 202 g/mol. The molecule has 0 saturated carbocycles. The molecule has 5 heteroatoms. The van der Waals surface area contributed by atoms with Crippen molar-refractivity contribution in [1.82, 2.24) is 15.2 Å². The normalized spacial score (nSPS) is 10.1.